The van der Waals surface area contributed by atoms with Crippen LogP contribution >= 0.6 is 0 Å². The second-order valence-corrected chi connectivity index (χ2v) is 6.79. The van der Waals surface area contributed by atoms with Crippen molar-refractivity contribution in [3.05, 3.63) is 28.2 Å². The summed E-state index contributed by atoms with van der Waals surface area (Å²) in [6.07, 6.45) is 11.4. The van der Waals surface area contributed by atoms with Gasteiger partial charge < -0.3 is 9.30 Å². The molecule has 0 atom stereocenters. The summed E-state index contributed by atoms with van der Waals surface area (Å²) < 4.78 is 7.72. The Morgan fingerprint density at radius 3 is 2.65 bits per heavy atom. The number of aromatic nitrogens is 1. The van der Waals surface area contributed by atoms with E-state index in [1.807, 2.05) is 18.5 Å². The molecule has 3 nitrogen and oxygen atoms in total. The van der Waals surface area contributed by atoms with Crippen LogP contribution in [0.3, 0.4) is 0 Å². The molecule has 1 aromatic heterocycles. The average Bonchev–Trinajstić information content (AvgIpc) is 3.20. The van der Waals surface area contributed by atoms with Gasteiger partial charge in [0.1, 0.15) is 0 Å². The van der Waals surface area contributed by atoms with E-state index < -0.39 is 0 Å². The lowest BCUT2D eigenvalue weighted by atomic mass is 9.78. The Kier molecular flexibility index (Phi) is 3.61. The van der Waals surface area contributed by atoms with Crippen molar-refractivity contribution in [3.8, 4) is 5.75 Å². The normalized spacial score (nSPS) is 21.1. The van der Waals surface area contributed by atoms with Crippen molar-refractivity contribution in [2.75, 3.05) is 6.61 Å². The zero-order valence-corrected chi connectivity index (χ0v) is 12.7. The third kappa shape index (κ3) is 2.77. The molecule has 0 N–H and O–H groups in total. The van der Waals surface area contributed by atoms with Crippen LogP contribution in [0.25, 0.3) is 0 Å². The van der Waals surface area contributed by atoms with Gasteiger partial charge in [0.05, 0.1) is 12.3 Å². The van der Waals surface area contributed by atoms with E-state index in [1.54, 1.807) is 12.3 Å². The highest BCUT2D eigenvalue weighted by molar-refractivity contribution is 5.26. The first kappa shape index (κ1) is 13.7. The Morgan fingerprint density at radius 2 is 2.00 bits per heavy atom. The summed E-state index contributed by atoms with van der Waals surface area (Å²) >= 11 is 0. The minimum Gasteiger partial charge on any atom is -0.488 e. The summed E-state index contributed by atoms with van der Waals surface area (Å²) in [4.78, 5) is 11.8. The van der Waals surface area contributed by atoms with E-state index in [2.05, 4.69) is 0 Å². The summed E-state index contributed by atoms with van der Waals surface area (Å²) in [7, 11) is 1.94. The van der Waals surface area contributed by atoms with E-state index in [0.29, 0.717) is 12.4 Å². The number of hydrogen-bond acceptors (Lipinski definition) is 2. The minimum absolute atomic E-state index is 0.00109. The molecule has 2 fully saturated rings. The van der Waals surface area contributed by atoms with Crippen molar-refractivity contribution in [2.45, 2.75) is 51.9 Å². The van der Waals surface area contributed by atoms with Crippen molar-refractivity contribution in [1.82, 2.24) is 4.57 Å². The van der Waals surface area contributed by atoms with Gasteiger partial charge >= 0.3 is 0 Å². The van der Waals surface area contributed by atoms with Gasteiger partial charge in [0.2, 0.25) is 5.43 Å². The molecule has 0 amide bonds. The van der Waals surface area contributed by atoms with Gasteiger partial charge in [-0.3, -0.25) is 4.79 Å². The predicted octanol–water partition coefficient (Wildman–Crippen LogP) is 3.43. The molecule has 2 aliphatic rings. The molecule has 0 unspecified atom stereocenters. The quantitative estimate of drug-likeness (QED) is 0.843. The van der Waals surface area contributed by atoms with Gasteiger partial charge in [0.15, 0.2) is 5.75 Å². The van der Waals surface area contributed by atoms with E-state index in [9.17, 15) is 4.79 Å². The second kappa shape index (κ2) is 5.27. The molecule has 3 heteroatoms. The Bertz CT molecular complexity index is 532. The molecule has 1 heterocycles. The van der Waals surface area contributed by atoms with Gasteiger partial charge in [0, 0.05) is 19.3 Å². The highest BCUT2D eigenvalue weighted by Crippen LogP contribution is 2.57. The summed E-state index contributed by atoms with van der Waals surface area (Å²) in [5, 5.41) is 0. The topological polar surface area (TPSA) is 31.2 Å². The number of hydrogen-bond donors (Lipinski definition) is 0. The van der Waals surface area contributed by atoms with Crippen LogP contribution in [0.1, 0.15) is 50.6 Å². The van der Waals surface area contributed by atoms with Crippen LogP contribution in [0.2, 0.25) is 0 Å². The largest absolute Gasteiger partial charge is 0.488 e. The lowest BCUT2D eigenvalue weighted by Gasteiger charge is -2.28. The molecular weight excluding hydrogens is 250 g/mol. The molecule has 0 saturated heterocycles. The van der Waals surface area contributed by atoms with Crippen LogP contribution in [-0.2, 0) is 7.05 Å². The first-order valence-corrected chi connectivity index (χ1v) is 7.89. The maximum Gasteiger partial charge on any atom is 0.223 e. The number of ether oxygens (including phenoxy) is 1. The fraction of sp³-hybridized carbons (Fsp3) is 0.706. The number of nitrogens with zero attached hydrogens (tertiary/aromatic N) is 1. The van der Waals surface area contributed by atoms with Gasteiger partial charge in [-0.2, -0.15) is 0 Å². The van der Waals surface area contributed by atoms with Crippen molar-refractivity contribution < 1.29 is 4.74 Å². The molecule has 3 rings (SSSR count). The fourth-order valence-electron chi connectivity index (χ4n) is 3.46. The predicted molar refractivity (Wildman–Crippen MR) is 80.2 cm³/mol. The second-order valence-electron chi connectivity index (χ2n) is 6.79. The Morgan fingerprint density at radius 1 is 1.30 bits per heavy atom. The Hall–Kier alpha value is -1.25. The molecule has 0 aliphatic heterocycles. The third-order valence-electron chi connectivity index (χ3n) is 5.43. The summed E-state index contributed by atoms with van der Waals surface area (Å²) in [5.74, 6) is 1.33. The number of pyridine rings is 1. The smallest absolute Gasteiger partial charge is 0.223 e. The highest BCUT2D eigenvalue weighted by atomic mass is 16.5. The van der Waals surface area contributed by atoms with Crippen molar-refractivity contribution in [2.24, 2.45) is 18.4 Å². The molecule has 20 heavy (non-hydrogen) atoms. The lowest BCUT2D eigenvalue weighted by molar-refractivity contribution is 0.205. The van der Waals surface area contributed by atoms with Crippen molar-refractivity contribution in [1.29, 1.82) is 0 Å². The monoisotopic (exact) mass is 275 g/mol. The first-order valence-electron chi connectivity index (χ1n) is 7.89. The van der Waals surface area contributed by atoms with E-state index in [4.69, 9.17) is 4.74 Å². The number of aryl methyl sites for hydroxylation is 1. The standard InChI is InChI=1S/C17H25NO2/c1-13-16(15(19)5-11-18(13)2)20-12-6-14-3-7-17(8-4-14)9-10-17/h5,11,14H,3-4,6-10,12H2,1-2H3. The number of rotatable bonds is 4. The van der Waals surface area contributed by atoms with E-state index in [-0.39, 0.29) is 5.43 Å². The molecule has 1 spiro atoms. The van der Waals surface area contributed by atoms with Crippen molar-refractivity contribution >= 4 is 0 Å². The SMILES string of the molecule is Cc1c(OCCC2CCC3(CC2)CC3)c(=O)ccn1C. The average molecular weight is 275 g/mol. The molecular formula is C17H25NO2. The zero-order chi connectivity index (χ0) is 14.2. The van der Waals surface area contributed by atoms with Gasteiger partial charge in [0.25, 0.3) is 0 Å². The molecule has 0 bridgehead atoms. The minimum atomic E-state index is 0.00109. The summed E-state index contributed by atoms with van der Waals surface area (Å²) in [6, 6.07) is 1.58. The van der Waals surface area contributed by atoms with Gasteiger partial charge in [-0.15, -0.1) is 0 Å². The van der Waals surface area contributed by atoms with Crippen LogP contribution in [0.15, 0.2) is 17.1 Å². The lowest BCUT2D eigenvalue weighted by Crippen LogP contribution is -2.19. The van der Waals surface area contributed by atoms with E-state index in [0.717, 1.165) is 23.4 Å². The molecule has 1 aromatic rings. The van der Waals surface area contributed by atoms with Crippen LogP contribution in [0.5, 0.6) is 5.75 Å². The van der Waals surface area contributed by atoms with Gasteiger partial charge in [-0.25, -0.2) is 0 Å². The maximum atomic E-state index is 11.8. The molecule has 0 aromatic carbocycles. The molecule has 2 saturated carbocycles. The maximum absolute atomic E-state index is 11.8. The van der Waals surface area contributed by atoms with E-state index in [1.165, 1.54) is 38.5 Å². The fourth-order valence-corrected chi connectivity index (χ4v) is 3.46. The highest BCUT2D eigenvalue weighted by Gasteiger charge is 2.44. The molecule has 0 radical (unpaired) electrons. The summed E-state index contributed by atoms with van der Waals surface area (Å²) in [5.41, 5.74) is 1.68. The molecule has 110 valence electrons. The Labute approximate surface area is 121 Å². The van der Waals surface area contributed by atoms with E-state index >= 15 is 0 Å². The van der Waals surface area contributed by atoms with Crippen LogP contribution in [-0.4, -0.2) is 11.2 Å². The van der Waals surface area contributed by atoms with Crippen LogP contribution in [0, 0.1) is 18.3 Å². The summed E-state index contributed by atoms with van der Waals surface area (Å²) in [6.45, 7) is 2.62. The zero-order valence-electron chi connectivity index (χ0n) is 12.7. The third-order valence-corrected chi connectivity index (χ3v) is 5.43. The van der Waals surface area contributed by atoms with Crippen LogP contribution in [0.4, 0.5) is 0 Å². The Balaban J connectivity index is 1.50. The first-order chi connectivity index (χ1) is 9.60. The van der Waals surface area contributed by atoms with Gasteiger partial charge in [-0.1, -0.05) is 0 Å². The molecule has 2 aliphatic carbocycles. The van der Waals surface area contributed by atoms with Crippen molar-refractivity contribution in [3.63, 3.8) is 0 Å². The van der Waals surface area contributed by atoms with Crippen LogP contribution < -0.4 is 10.2 Å². The van der Waals surface area contributed by atoms with Gasteiger partial charge in [-0.05, 0) is 63.2 Å².